The number of ether oxygens (including phenoxy) is 1. The molecule has 1 heterocycles. The van der Waals surface area contributed by atoms with Crippen molar-refractivity contribution in [1.29, 1.82) is 0 Å². The van der Waals surface area contributed by atoms with Crippen molar-refractivity contribution in [2.75, 3.05) is 13.1 Å². The minimum absolute atomic E-state index is 0.232. The van der Waals surface area contributed by atoms with E-state index in [4.69, 9.17) is 9.84 Å². The van der Waals surface area contributed by atoms with Gasteiger partial charge in [0.25, 0.3) is 0 Å². The van der Waals surface area contributed by atoms with Crippen LogP contribution in [0.5, 0.6) is 0 Å². The first-order chi connectivity index (χ1) is 5.74. The van der Waals surface area contributed by atoms with Gasteiger partial charge in [0.1, 0.15) is 0 Å². The Bertz CT molecular complexity index is 160. The molecule has 0 aliphatic carbocycles. The van der Waals surface area contributed by atoms with Crippen LogP contribution >= 0.6 is 0 Å². The molecule has 1 unspecified atom stereocenters. The van der Waals surface area contributed by atoms with Crippen LogP contribution < -0.4 is 0 Å². The van der Waals surface area contributed by atoms with Crippen molar-refractivity contribution in [2.45, 2.75) is 25.5 Å². The lowest BCUT2D eigenvalue weighted by Crippen LogP contribution is -2.33. The normalized spacial score (nSPS) is 24.2. The number of nitrogens with zero attached hydrogens (tertiary/aromatic N) is 1. The van der Waals surface area contributed by atoms with Gasteiger partial charge < -0.3 is 9.84 Å². The zero-order valence-corrected chi connectivity index (χ0v) is 7.03. The molecule has 1 fully saturated rings. The van der Waals surface area contributed by atoms with Gasteiger partial charge >= 0.3 is 6.16 Å². The Morgan fingerprint density at radius 2 is 2.50 bits per heavy atom. The summed E-state index contributed by atoms with van der Waals surface area (Å²) < 4.78 is 4.69. The number of carboxylic acid groups (broad SMARTS) is 1. The maximum atomic E-state index is 10.2. The average Bonchev–Trinajstić information content (AvgIpc) is 2.37. The highest BCUT2D eigenvalue weighted by atomic mass is 16.7. The Morgan fingerprint density at radius 3 is 3.08 bits per heavy atom. The van der Waals surface area contributed by atoms with Crippen molar-refractivity contribution in [1.82, 2.24) is 4.90 Å². The highest BCUT2D eigenvalue weighted by Gasteiger charge is 2.26. The highest BCUT2D eigenvalue weighted by Crippen LogP contribution is 2.18. The van der Waals surface area contributed by atoms with Crippen LogP contribution in [0.3, 0.4) is 0 Å². The predicted octanol–water partition coefficient (Wildman–Crippen LogP) is 1.33. The van der Waals surface area contributed by atoms with E-state index in [-0.39, 0.29) is 6.23 Å². The third-order valence-corrected chi connectivity index (χ3v) is 1.99. The van der Waals surface area contributed by atoms with Crippen molar-refractivity contribution in [3.05, 3.63) is 6.92 Å². The van der Waals surface area contributed by atoms with Crippen LogP contribution in [-0.4, -0.2) is 35.5 Å². The molecule has 0 aromatic carbocycles. The molecule has 1 rings (SSSR count). The minimum Gasteiger partial charge on any atom is -0.450 e. The van der Waals surface area contributed by atoms with Crippen molar-refractivity contribution >= 4 is 6.16 Å². The summed E-state index contributed by atoms with van der Waals surface area (Å²) in [5, 5.41) is 8.40. The lowest BCUT2D eigenvalue weighted by atomic mass is 10.4. The molecule has 4 heteroatoms. The van der Waals surface area contributed by atoms with E-state index in [0.29, 0.717) is 0 Å². The summed E-state index contributed by atoms with van der Waals surface area (Å²) in [5.74, 6) is 0. The zero-order chi connectivity index (χ0) is 8.97. The molecule has 1 atom stereocenters. The number of likely N-dealkylation sites (tertiary alicyclic amines) is 1. The summed E-state index contributed by atoms with van der Waals surface area (Å²) in [7, 11) is 0. The SMILES string of the molecule is [CH2]CCN1CCCC1OC(=O)O. The molecule has 1 aliphatic rings. The first-order valence-corrected chi connectivity index (χ1v) is 4.17. The van der Waals surface area contributed by atoms with Gasteiger partial charge in [-0.1, -0.05) is 6.92 Å². The van der Waals surface area contributed by atoms with Gasteiger partial charge in [-0.3, -0.25) is 4.90 Å². The minimum atomic E-state index is -1.18. The Hall–Kier alpha value is -0.770. The second-order valence-corrected chi connectivity index (χ2v) is 2.87. The van der Waals surface area contributed by atoms with Crippen molar-refractivity contribution in [3.63, 3.8) is 0 Å². The monoisotopic (exact) mass is 172 g/mol. The topological polar surface area (TPSA) is 49.8 Å². The van der Waals surface area contributed by atoms with Gasteiger partial charge in [-0.25, -0.2) is 4.79 Å². The van der Waals surface area contributed by atoms with E-state index in [9.17, 15) is 4.79 Å². The quantitative estimate of drug-likeness (QED) is 0.652. The largest absolute Gasteiger partial charge is 0.507 e. The Labute approximate surface area is 72.1 Å². The van der Waals surface area contributed by atoms with Gasteiger partial charge in [0, 0.05) is 13.1 Å². The molecular formula is C8H14NO3. The summed E-state index contributed by atoms with van der Waals surface area (Å²) in [6.45, 7) is 5.46. The van der Waals surface area contributed by atoms with Crippen LogP contribution in [0.2, 0.25) is 0 Å². The first-order valence-electron chi connectivity index (χ1n) is 4.17. The molecule has 0 amide bonds. The van der Waals surface area contributed by atoms with Crippen LogP contribution in [0.1, 0.15) is 19.3 Å². The van der Waals surface area contributed by atoms with E-state index in [2.05, 4.69) is 6.92 Å². The molecule has 1 aliphatic heterocycles. The van der Waals surface area contributed by atoms with Crippen LogP contribution in [0.4, 0.5) is 4.79 Å². The molecule has 0 bridgehead atoms. The predicted molar refractivity (Wildman–Crippen MR) is 43.7 cm³/mol. The number of rotatable bonds is 3. The van der Waals surface area contributed by atoms with Crippen molar-refractivity contribution in [3.8, 4) is 0 Å². The number of hydrogen-bond donors (Lipinski definition) is 1. The van der Waals surface area contributed by atoms with Crippen molar-refractivity contribution < 1.29 is 14.6 Å². The highest BCUT2D eigenvalue weighted by molar-refractivity contribution is 5.57. The van der Waals surface area contributed by atoms with Gasteiger partial charge in [0.05, 0.1) is 0 Å². The summed E-state index contributed by atoms with van der Waals surface area (Å²) in [5.41, 5.74) is 0. The summed E-state index contributed by atoms with van der Waals surface area (Å²) in [4.78, 5) is 12.3. The molecule has 0 aromatic rings. The lowest BCUT2D eigenvalue weighted by molar-refractivity contribution is -0.0128. The third kappa shape index (κ3) is 2.37. The van der Waals surface area contributed by atoms with E-state index in [1.807, 2.05) is 4.90 Å². The van der Waals surface area contributed by atoms with Crippen LogP contribution in [0, 0.1) is 6.92 Å². The molecule has 1 N–H and O–H groups in total. The Balaban J connectivity index is 2.35. The smallest absolute Gasteiger partial charge is 0.450 e. The van der Waals surface area contributed by atoms with E-state index in [1.54, 1.807) is 0 Å². The average molecular weight is 172 g/mol. The van der Waals surface area contributed by atoms with Gasteiger partial charge in [-0.15, -0.1) is 0 Å². The fourth-order valence-corrected chi connectivity index (χ4v) is 1.50. The van der Waals surface area contributed by atoms with Gasteiger partial charge in [0.2, 0.25) is 0 Å². The number of hydrogen-bond acceptors (Lipinski definition) is 3. The van der Waals surface area contributed by atoms with E-state index < -0.39 is 6.16 Å². The standard InChI is InChI=1S/C8H14NO3/c1-2-5-9-6-3-4-7(9)12-8(10)11/h7H,1-6H2,(H,10,11). The van der Waals surface area contributed by atoms with E-state index in [0.717, 1.165) is 32.4 Å². The second kappa shape index (κ2) is 4.30. The summed E-state index contributed by atoms with van der Waals surface area (Å²) in [6, 6.07) is 0. The van der Waals surface area contributed by atoms with Crippen LogP contribution in [-0.2, 0) is 4.74 Å². The maximum absolute atomic E-state index is 10.2. The Morgan fingerprint density at radius 1 is 1.75 bits per heavy atom. The molecule has 0 saturated carbocycles. The molecule has 69 valence electrons. The van der Waals surface area contributed by atoms with Gasteiger partial charge in [-0.2, -0.15) is 0 Å². The van der Waals surface area contributed by atoms with E-state index in [1.165, 1.54) is 0 Å². The zero-order valence-electron chi connectivity index (χ0n) is 7.03. The molecule has 12 heavy (non-hydrogen) atoms. The summed E-state index contributed by atoms with van der Waals surface area (Å²) >= 11 is 0. The van der Waals surface area contributed by atoms with Gasteiger partial charge in [-0.05, 0) is 19.3 Å². The van der Waals surface area contributed by atoms with Crippen LogP contribution in [0.15, 0.2) is 0 Å². The second-order valence-electron chi connectivity index (χ2n) is 2.87. The van der Waals surface area contributed by atoms with Crippen LogP contribution in [0.25, 0.3) is 0 Å². The molecule has 1 radical (unpaired) electrons. The maximum Gasteiger partial charge on any atom is 0.507 e. The third-order valence-electron chi connectivity index (χ3n) is 1.99. The van der Waals surface area contributed by atoms with Crippen molar-refractivity contribution in [2.24, 2.45) is 0 Å². The fourth-order valence-electron chi connectivity index (χ4n) is 1.50. The summed E-state index contributed by atoms with van der Waals surface area (Å²) in [6.07, 6.45) is 1.20. The Kier molecular flexibility index (Phi) is 3.34. The molecular weight excluding hydrogens is 158 g/mol. The number of carbonyl (C=O) groups is 1. The lowest BCUT2D eigenvalue weighted by Gasteiger charge is -2.21. The molecule has 0 spiro atoms. The van der Waals surface area contributed by atoms with E-state index >= 15 is 0 Å². The fraction of sp³-hybridized carbons (Fsp3) is 0.750. The first kappa shape index (κ1) is 9.32. The van der Waals surface area contributed by atoms with Gasteiger partial charge in [0.15, 0.2) is 6.23 Å². The molecule has 1 saturated heterocycles. The molecule has 0 aromatic heterocycles. The molecule has 4 nitrogen and oxygen atoms in total.